The lowest BCUT2D eigenvalue weighted by molar-refractivity contribution is -0.0182. The van der Waals surface area contributed by atoms with Crippen molar-refractivity contribution in [3.8, 4) is 0 Å². The van der Waals surface area contributed by atoms with Gasteiger partial charge in [-0.25, -0.2) is 0 Å². The number of ether oxygens (including phenoxy) is 1. The van der Waals surface area contributed by atoms with Crippen LogP contribution in [0.2, 0.25) is 0 Å². The van der Waals surface area contributed by atoms with Crippen molar-refractivity contribution in [3.05, 3.63) is 18.0 Å². The van der Waals surface area contributed by atoms with Gasteiger partial charge in [0.2, 0.25) is 0 Å². The largest absolute Gasteiger partial charge is 0.374 e. The first kappa shape index (κ1) is 14.0. The van der Waals surface area contributed by atoms with Gasteiger partial charge in [0.15, 0.2) is 0 Å². The van der Waals surface area contributed by atoms with Gasteiger partial charge in [-0.15, -0.1) is 0 Å². The summed E-state index contributed by atoms with van der Waals surface area (Å²) in [5, 5.41) is 8.16. The Morgan fingerprint density at radius 3 is 3.05 bits per heavy atom. The Balaban J connectivity index is 1.42. The van der Waals surface area contributed by atoms with Gasteiger partial charge in [0, 0.05) is 32.4 Å². The molecule has 112 valence electrons. The second kappa shape index (κ2) is 6.70. The summed E-state index contributed by atoms with van der Waals surface area (Å²) in [6.07, 6.45) is 7.73. The summed E-state index contributed by atoms with van der Waals surface area (Å²) in [4.78, 5) is 2.32. The molecule has 5 nitrogen and oxygen atoms in total. The van der Waals surface area contributed by atoms with E-state index in [9.17, 15) is 0 Å². The van der Waals surface area contributed by atoms with E-state index in [2.05, 4.69) is 34.2 Å². The maximum absolute atomic E-state index is 5.74. The topological polar surface area (TPSA) is 42.3 Å². The normalized spacial score (nSPS) is 25.4. The number of hydrogen-bond acceptors (Lipinski definition) is 4. The maximum Gasteiger partial charge on any atom is 0.0826 e. The third kappa shape index (κ3) is 3.59. The van der Waals surface area contributed by atoms with E-state index in [0.29, 0.717) is 12.1 Å². The Kier molecular flexibility index (Phi) is 4.70. The predicted molar refractivity (Wildman–Crippen MR) is 78.7 cm³/mol. The minimum absolute atomic E-state index is 0.311. The van der Waals surface area contributed by atoms with Gasteiger partial charge >= 0.3 is 0 Å². The maximum atomic E-state index is 5.74. The zero-order chi connectivity index (χ0) is 13.8. The fourth-order valence-electron chi connectivity index (χ4n) is 3.20. The molecule has 1 aliphatic carbocycles. The summed E-state index contributed by atoms with van der Waals surface area (Å²) in [5.74, 6) is 0. The number of nitrogens with one attached hydrogen (secondary N) is 1. The van der Waals surface area contributed by atoms with Crippen molar-refractivity contribution in [1.82, 2.24) is 20.0 Å². The van der Waals surface area contributed by atoms with Gasteiger partial charge in [-0.3, -0.25) is 4.68 Å². The average Bonchev–Trinajstić information content (AvgIpc) is 3.09. The summed E-state index contributed by atoms with van der Waals surface area (Å²) in [5.41, 5.74) is 1.14. The van der Waals surface area contributed by atoms with Crippen molar-refractivity contribution in [1.29, 1.82) is 0 Å². The summed E-state index contributed by atoms with van der Waals surface area (Å²) in [7, 11) is 2.15. The molecule has 0 radical (unpaired) electrons. The van der Waals surface area contributed by atoms with Gasteiger partial charge in [0.1, 0.15) is 0 Å². The Hall–Kier alpha value is -0.910. The minimum atomic E-state index is 0.311. The summed E-state index contributed by atoms with van der Waals surface area (Å²) >= 11 is 0. The molecule has 5 heteroatoms. The zero-order valence-electron chi connectivity index (χ0n) is 12.4. The first-order valence-electron chi connectivity index (χ1n) is 7.86. The van der Waals surface area contributed by atoms with E-state index >= 15 is 0 Å². The van der Waals surface area contributed by atoms with E-state index in [-0.39, 0.29) is 0 Å². The predicted octanol–water partition coefficient (Wildman–Crippen LogP) is 1.42. The molecule has 1 saturated carbocycles. The molecule has 1 aliphatic heterocycles. The van der Waals surface area contributed by atoms with E-state index in [4.69, 9.17) is 9.84 Å². The Morgan fingerprint density at radius 2 is 2.25 bits per heavy atom. The monoisotopic (exact) mass is 278 g/mol. The van der Waals surface area contributed by atoms with E-state index < -0.39 is 0 Å². The number of likely N-dealkylation sites (N-methyl/N-ethyl adjacent to an activating group) is 1. The third-order valence-corrected chi connectivity index (χ3v) is 4.38. The van der Waals surface area contributed by atoms with Crippen LogP contribution in [-0.2, 0) is 11.3 Å². The number of morpholine rings is 1. The minimum Gasteiger partial charge on any atom is -0.374 e. The number of hydrogen-bond donors (Lipinski definition) is 1. The van der Waals surface area contributed by atoms with Crippen LogP contribution in [0.15, 0.2) is 12.3 Å². The summed E-state index contributed by atoms with van der Waals surface area (Å²) < 4.78 is 7.90. The second-order valence-electron chi connectivity index (χ2n) is 6.11. The smallest absolute Gasteiger partial charge is 0.0826 e. The van der Waals surface area contributed by atoms with Crippen molar-refractivity contribution in [2.75, 3.05) is 33.3 Å². The fraction of sp³-hybridized carbons (Fsp3) is 0.800. The van der Waals surface area contributed by atoms with Crippen molar-refractivity contribution in [2.45, 2.75) is 44.4 Å². The number of nitrogens with zero attached hydrogens (tertiary/aromatic N) is 3. The van der Waals surface area contributed by atoms with Crippen LogP contribution >= 0.6 is 0 Å². The molecule has 2 fully saturated rings. The van der Waals surface area contributed by atoms with Gasteiger partial charge in [0.05, 0.1) is 24.4 Å². The van der Waals surface area contributed by atoms with E-state index in [1.807, 2.05) is 0 Å². The number of aromatic nitrogens is 2. The molecule has 1 unspecified atom stereocenters. The van der Waals surface area contributed by atoms with Crippen LogP contribution in [-0.4, -0.2) is 54.1 Å². The van der Waals surface area contributed by atoms with Gasteiger partial charge in [-0.2, -0.15) is 5.10 Å². The Bertz CT molecular complexity index is 414. The molecule has 1 atom stereocenters. The first-order chi connectivity index (χ1) is 9.81. The van der Waals surface area contributed by atoms with Crippen LogP contribution < -0.4 is 5.32 Å². The third-order valence-electron chi connectivity index (χ3n) is 4.38. The molecule has 0 spiro atoms. The van der Waals surface area contributed by atoms with Crippen molar-refractivity contribution < 1.29 is 4.74 Å². The van der Waals surface area contributed by atoms with Crippen LogP contribution in [0.1, 0.15) is 37.4 Å². The molecule has 0 aromatic carbocycles. The van der Waals surface area contributed by atoms with Crippen LogP contribution in [0.5, 0.6) is 0 Å². The van der Waals surface area contributed by atoms with E-state index in [0.717, 1.165) is 38.5 Å². The second-order valence-corrected chi connectivity index (χ2v) is 6.11. The lowest BCUT2D eigenvalue weighted by Gasteiger charge is -2.30. The molecular weight excluding hydrogens is 252 g/mol. The van der Waals surface area contributed by atoms with E-state index in [1.54, 1.807) is 0 Å². The van der Waals surface area contributed by atoms with Crippen LogP contribution in [0.3, 0.4) is 0 Å². The molecule has 20 heavy (non-hydrogen) atoms. The highest BCUT2D eigenvalue weighted by Crippen LogP contribution is 2.28. The lowest BCUT2D eigenvalue weighted by Crippen LogP contribution is -2.44. The highest BCUT2D eigenvalue weighted by Gasteiger charge is 2.18. The molecule has 0 bridgehead atoms. The van der Waals surface area contributed by atoms with Crippen molar-refractivity contribution in [2.24, 2.45) is 0 Å². The lowest BCUT2D eigenvalue weighted by atomic mass is 10.3. The number of rotatable bonds is 5. The van der Waals surface area contributed by atoms with Gasteiger partial charge in [-0.05, 0) is 26.0 Å². The summed E-state index contributed by atoms with van der Waals surface area (Å²) in [6.45, 7) is 4.65. The molecule has 1 aromatic rings. The standard InChI is InChI=1S/C15H26N4O/c1-18-8-9-20-15(12-18)11-16-10-13-6-7-19(17-13)14-4-2-3-5-14/h6-7,14-16H,2-5,8-12H2,1H3. The SMILES string of the molecule is CN1CCOC(CNCc2ccn(C3CCCC3)n2)C1. The fourth-order valence-corrected chi connectivity index (χ4v) is 3.20. The molecule has 1 N–H and O–H groups in total. The first-order valence-corrected chi connectivity index (χ1v) is 7.86. The Labute approximate surface area is 121 Å². The van der Waals surface area contributed by atoms with Gasteiger partial charge < -0.3 is 15.0 Å². The van der Waals surface area contributed by atoms with Crippen molar-refractivity contribution in [3.63, 3.8) is 0 Å². The molecule has 1 saturated heterocycles. The molecule has 1 aromatic heterocycles. The zero-order valence-corrected chi connectivity index (χ0v) is 12.4. The highest BCUT2D eigenvalue weighted by atomic mass is 16.5. The Morgan fingerprint density at radius 1 is 1.40 bits per heavy atom. The van der Waals surface area contributed by atoms with E-state index in [1.165, 1.54) is 25.7 Å². The van der Waals surface area contributed by atoms with Crippen LogP contribution in [0.4, 0.5) is 0 Å². The van der Waals surface area contributed by atoms with Crippen molar-refractivity contribution >= 4 is 0 Å². The quantitative estimate of drug-likeness (QED) is 0.884. The van der Waals surface area contributed by atoms with Gasteiger partial charge in [0.25, 0.3) is 0 Å². The molecule has 2 aliphatic rings. The average molecular weight is 278 g/mol. The van der Waals surface area contributed by atoms with Crippen LogP contribution in [0.25, 0.3) is 0 Å². The van der Waals surface area contributed by atoms with Crippen LogP contribution in [0, 0.1) is 0 Å². The molecule has 3 rings (SSSR count). The summed E-state index contributed by atoms with van der Waals surface area (Å²) in [6, 6.07) is 2.78. The molecular formula is C15H26N4O. The highest BCUT2D eigenvalue weighted by molar-refractivity contribution is 5.00. The molecule has 2 heterocycles. The molecule has 0 amide bonds. The van der Waals surface area contributed by atoms with Gasteiger partial charge in [-0.1, -0.05) is 12.8 Å².